The Hall–Kier alpha value is -4.18. The van der Waals surface area contributed by atoms with Gasteiger partial charge in [0, 0.05) is 11.8 Å². The van der Waals surface area contributed by atoms with Crippen molar-refractivity contribution in [2.75, 3.05) is 5.32 Å². The van der Waals surface area contributed by atoms with Gasteiger partial charge in [0.15, 0.2) is 5.65 Å². The molecule has 0 spiro atoms. The average Bonchev–Trinajstić information content (AvgIpc) is 3.15. The maximum Gasteiger partial charge on any atom is 0.310 e. The van der Waals surface area contributed by atoms with Gasteiger partial charge in [-0.3, -0.25) is 4.79 Å². The molecule has 2 heterocycles. The molecule has 2 aromatic heterocycles. The predicted octanol–water partition coefficient (Wildman–Crippen LogP) is 4.90. The van der Waals surface area contributed by atoms with Crippen LogP contribution in [0.4, 0.5) is 11.6 Å². The van der Waals surface area contributed by atoms with Crippen molar-refractivity contribution < 1.29 is 9.53 Å². The lowest BCUT2D eigenvalue weighted by Crippen LogP contribution is -2.24. The minimum Gasteiger partial charge on any atom is -0.460 e. The van der Waals surface area contributed by atoms with E-state index in [0.29, 0.717) is 22.8 Å². The number of nitriles is 1. The maximum absolute atomic E-state index is 12.0. The second-order valence-corrected chi connectivity index (χ2v) is 8.40. The molecule has 7 heteroatoms. The Kier molecular flexibility index (Phi) is 5.61. The Balaban J connectivity index is 1.51. The molecule has 0 aliphatic rings. The second kappa shape index (κ2) is 8.52. The van der Waals surface area contributed by atoms with Crippen molar-refractivity contribution in [1.29, 1.82) is 5.26 Å². The third-order valence-electron chi connectivity index (χ3n) is 4.68. The van der Waals surface area contributed by atoms with Gasteiger partial charge >= 0.3 is 5.97 Å². The number of nitrogens with zero attached hydrogens (tertiary/aromatic N) is 4. The lowest BCUT2D eigenvalue weighted by Gasteiger charge is -2.19. The van der Waals surface area contributed by atoms with E-state index in [4.69, 9.17) is 4.74 Å². The van der Waals surface area contributed by atoms with Crippen LogP contribution in [0.3, 0.4) is 0 Å². The molecular formula is C25H23N5O2. The summed E-state index contributed by atoms with van der Waals surface area (Å²) in [5, 5.41) is 16.8. The van der Waals surface area contributed by atoms with Crippen LogP contribution in [-0.4, -0.2) is 26.2 Å². The van der Waals surface area contributed by atoms with E-state index in [1.165, 1.54) is 0 Å². The first-order chi connectivity index (χ1) is 15.3. The Bertz CT molecular complexity index is 1310. The van der Waals surface area contributed by atoms with Crippen molar-refractivity contribution in [2.24, 2.45) is 0 Å². The molecule has 32 heavy (non-hydrogen) atoms. The molecule has 1 N–H and O–H groups in total. The minimum absolute atomic E-state index is 0.235. The largest absolute Gasteiger partial charge is 0.460 e. The van der Waals surface area contributed by atoms with Gasteiger partial charge in [-0.05, 0) is 56.2 Å². The monoisotopic (exact) mass is 425 g/mol. The van der Waals surface area contributed by atoms with E-state index in [0.717, 1.165) is 16.7 Å². The van der Waals surface area contributed by atoms with E-state index in [-0.39, 0.29) is 12.4 Å². The fraction of sp³-hybridized carbons (Fsp3) is 0.200. The highest BCUT2D eigenvalue weighted by molar-refractivity contribution is 5.74. The fourth-order valence-corrected chi connectivity index (χ4v) is 3.28. The molecule has 7 nitrogen and oxygen atoms in total. The first-order valence-electron chi connectivity index (χ1n) is 10.2. The lowest BCUT2D eigenvalue weighted by atomic mass is 10.0. The zero-order chi connectivity index (χ0) is 22.7. The molecule has 0 radical (unpaired) electrons. The van der Waals surface area contributed by atoms with E-state index in [1.807, 2.05) is 81.6 Å². The zero-order valence-electron chi connectivity index (χ0n) is 18.2. The smallest absolute Gasteiger partial charge is 0.310 e. The third kappa shape index (κ3) is 4.93. The van der Waals surface area contributed by atoms with E-state index in [2.05, 4.69) is 21.5 Å². The summed E-state index contributed by atoms with van der Waals surface area (Å²) in [4.78, 5) is 16.5. The van der Waals surface area contributed by atoms with E-state index < -0.39 is 5.60 Å². The normalized spacial score (nSPS) is 11.2. The first kappa shape index (κ1) is 21.1. The lowest BCUT2D eigenvalue weighted by molar-refractivity contribution is -0.153. The molecular weight excluding hydrogens is 402 g/mol. The number of aromatic nitrogens is 3. The van der Waals surface area contributed by atoms with Gasteiger partial charge in [-0.2, -0.15) is 10.2 Å². The molecule has 0 aliphatic carbocycles. The topological polar surface area (TPSA) is 92.3 Å². The Morgan fingerprint density at radius 3 is 2.50 bits per heavy atom. The summed E-state index contributed by atoms with van der Waals surface area (Å²) in [6.45, 7) is 5.58. The molecule has 0 saturated heterocycles. The highest BCUT2D eigenvalue weighted by Gasteiger charge is 2.16. The number of anilines is 2. The van der Waals surface area contributed by atoms with Gasteiger partial charge in [0.25, 0.3) is 0 Å². The highest BCUT2D eigenvalue weighted by atomic mass is 16.6. The SMILES string of the molecule is CC(C)(C)OC(=O)Cc1ccc(-c2ccc3nc(Nc4ccccc4C#N)nn3c2)cc1. The summed E-state index contributed by atoms with van der Waals surface area (Å²) < 4.78 is 7.08. The van der Waals surface area contributed by atoms with Crippen molar-refractivity contribution in [3.63, 3.8) is 0 Å². The summed E-state index contributed by atoms with van der Waals surface area (Å²) in [5.74, 6) is 0.171. The van der Waals surface area contributed by atoms with Crippen molar-refractivity contribution >= 4 is 23.3 Å². The number of rotatable bonds is 5. The van der Waals surface area contributed by atoms with Crippen molar-refractivity contribution in [3.05, 3.63) is 78.0 Å². The summed E-state index contributed by atoms with van der Waals surface area (Å²) in [6, 6.07) is 21.0. The molecule has 0 saturated carbocycles. The Morgan fingerprint density at radius 1 is 1.06 bits per heavy atom. The van der Waals surface area contributed by atoms with Crippen LogP contribution in [0.2, 0.25) is 0 Å². The summed E-state index contributed by atoms with van der Waals surface area (Å²) in [7, 11) is 0. The van der Waals surface area contributed by atoms with Gasteiger partial charge in [0.05, 0.1) is 17.7 Å². The number of carbonyl (C=O) groups excluding carboxylic acids is 1. The molecule has 0 bridgehead atoms. The van der Waals surface area contributed by atoms with Gasteiger partial charge in [-0.15, -0.1) is 5.10 Å². The number of carbonyl (C=O) groups is 1. The predicted molar refractivity (Wildman–Crippen MR) is 122 cm³/mol. The number of ether oxygens (including phenoxy) is 1. The molecule has 160 valence electrons. The van der Waals surface area contributed by atoms with Crippen LogP contribution in [0.1, 0.15) is 31.9 Å². The van der Waals surface area contributed by atoms with Gasteiger partial charge in [0.2, 0.25) is 5.95 Å². The van der Waals surface area contributed by atoms with Crippen molar-refractivity contribution in [2.45, 2.75) is 32.8 Å². The first-order valence-corrected chi connectivity index (χ1v) is 10.2. The van der Waals surface area contributed by atoms with Crippen LogP contribution < -0.4 is 5.32 Å². The van der Waals surface area contributed by atoms with Crippen LogP contribution in [-0.2, 0) is 16.0 Å². The number of nitrogens with one attached hydrogen (secondary N) is 1. The number of hydrogen-bond donors (Lipinski definition) is 1. The molecule has 0 atom stereocenters. The zero-order valence-corrected chi connectivity index (χ0v) is 18.2. The number of para-hydroxylation sites is 1. The van der Waals surface area contributed by atoms with Crippen LogP contribution in [0, 0.1) is 11.3 Å². The maximum atomic E-state index is 12.0. The number of hydrogen-bond acceptors (Lipinski definition) is 6. The fourth-order valence-electron chi connectivity index (χ4n) is 3.28. The molecule has 0 fully saturated rings. The number of fused-ring (bicyclic) bond motifs is 1. The van der Waals surface area contributed by atoms with Crippen LogP contribution in [0.15, 0.2) is 66.9 Å². The molecule has 0 unspecified atom stereocenters. The highest BCUT2D eigenvalue weighted by Crippen LogP contribution is 2.23. The van der Waals surface area contributed by atoms with Crippen LogP contribution in [0.25, 0.3) is 16.8 Å². The van der Waals surface area contributed by atoms with Crippen molar-refractivity contribution in [3.8, 4) is 17.2 Å². The van der Waals surface area contributed by atoms with Gasteiger partial charge < -0.3 is 10.1 Å². The number of pyridine rings is 1. The van der Waals surface area contributed by atoms with E-state index in [9.17, 15) is 10.1 Å². The van der Waals surface area contributed by atoms with Crippen LogP contribution in [0.5, 0.6) is 0 Å². The van der Waals surface area contributed by atoms with Gasteiger partial charge in [-0.1, -0.05) is 36.4 Å². The number of esters is 1. The van der Waals surface area contributed by atoms with Gasteiger partial charge in [0.1, 0.15) is 11.7 Å². The quantitative estimate of drug-likeness (QED) is 0.458. The molecule has 0 aliphatic heterocycles. The number of benzene rings is 2. The van der Waals surface area contributed by atoms with Crippen LogP contribution >= 0.6 is 0 Å². The second-order valence-electron chi connectivity index (χ2n) is 8.40. The van der Waals surface area contributed by atoms with E-state index in [1.54, 1.807) is 10.6 Å². The Labute approximate surface area is 186 Å². The Morgan fingerprint density at radius 2 is 1.78 bits per heavy atom. The summed E-state index contributed by atoms with van der Waals surface area (Å²) in [6.07, 6.45) is 2.13. The van der Waals surface area contributed by atoms with E-state index >= 15 is 0 Å². The van der Waals surface area contributed by atoms with Gasteiger partial charge in [-0.25, -0.2) is 4.52 Å². The third-order valence-corrected chi connectivity index (χ3v) is 4.68. The molecule has 0 amide bonds. The molecule has 2 aromatic carbocycles. The molecule has 4 aromatic rings. The minimum atomic E-state index is -0.491. The standard InChI is InChI=1S/C25H23N5O2/c1-25(2,3)32-23(31)14-17-8-10-18(11-9-17)20-12-13-22-28-24(29-30(22)16-20)27-21-7-5-4-6-19(21)15-26/h4-13,16H,14H2,1-3H3,(H,27,29). The summed E-state index contributed by atoms with van der Waals surface area (Å²) >= 11 is 0. The summed E-state index contributed by atoms with van der Waals surface area (Å²) in [5.41, 5.74) is 4.24. The molecule has 4 rings (SSSR count). The average molecular weight is 425 g/mol. The van der Waals surface area contributed by atoms with Crippen molar-refractivity contribution in [1.82, 2.24) is 14.6 Å².